The number of aliphatic hydroxyl groups excluding tert-OH is 1. The standard InChI is InChI=1S/C9H11N3O/c1-6-3-7(5-13)8-4-10-12(2)9(8)11-6/h3-4,13H,5H2,1-2H3. The number of rotatable bonds is 1. The van der Waals surface area contributed by atoms with Crippen LogP contribution in [0.1, 0.15) is 11.3 Å². The van der Waals surface area contributed by atoms with Crippen molar-refractivity contribution >= 4 is 11.0 Å². The van der Waals surface area contributed by atoms with Gasteiger partial charge in [0.25, 0.3) is 0 Å². The molecule has 2 aromatic rings. The highest BCUT2D eigenvalue weighted by molar-refractivity contribution is 5.78. The summed E-state index contributed by atoms with van der Waals surface area (Å²) in [4.78, 5) is 4.33. The molecule has 0 amide bonds. The molecule has 1 N–H and O–H groups in total. The maximum absolute atomic E-state index is 9.10. The zero-order valence-electron chi connectivity index (χ0n) is 7.65. The van der Waals surface area contributed by atoms with Gasteiger partial charge in [-0.05, 0) is 18.6 Å². The van der Waals surface area contributed by atoms with E-state index < -0.39 is 0 Å². The number of fused-ring (bicyclic) bond motifs is 1. The Morgan fingerprint density at radius 2 is 2.31 bits per heavy atom. The summed E-state index contributed by atoms with van der Waals surface area (Å²) >= 11 is 0. The molecule has 2 heterocycles. The fourth-order valence-electron chi connectivity index (χ4n) is 1.45. The topological polar surface area (TPSA) is 50.9 Å². The fraction of sp³-hybridized carbons (Fsp3) is 0.333. The lowest BCUT2D eigenvalue weighted by molar-refractivity contribution is 0.283. The Bertz CT molecular complexity index is 447. The van der Waals surface area contributed by atoms with Crippen LogP contribution in [0.25, 0.3) is 11.0 Å². The molecule has 0 aliphatic carbocycles. The summed E-state index contributed by atoms with van der Waals surface area (Å²) in [6.45, 7) is 1.94. The van der Waals surface area contributed by atoms with Gasteiger partial charge < -0.3 is 5.11 Å². The smallest absolute Gasteiger partial charge is 0.158 e. The molecule has 68 valence electrons. The highest BCUT2D eigenvalue weighted by Gasteiger charge is 2.06. The summed E-state index contributed by atoms with van der Waals surface area (Å²) in [6.07, 6.45) is 1.73. The molecule has 0 atom stereocenters. The molecule has 0 radical (unpaired) electrons. The maximum Gasteiger partial charge on any atom is 0.158 e. The molecule has 4 nitrogen and oxygen atoms in total. The second-order valence-electron chi connectivity index (χ2n) is 3.09. The molecular formula is C9H11N3O. The van der Waals surface area contributed by atoms with Crippen LogP contribution in [0.15, 0.2) is 12.3 Å². The van der Waals surface area contributed by atoms with E-state index in [0.717, 1.165) is 22.3 Å². The zero-order chi connectivity index (χ0) is 9.42. The number of aryl methyl sites for hydroxylation is 2. The van der Waals surface area contributed by atoms with Gasteiger partial charge in [0, 0.05) is 18.1 Å². The third-order valence-corrected chi connectivity index (χ3v) is 2.09. The van der Waals surface area contributed by atoms with Gasteiger partial charge in [-0.2, -0.15) is 5.10 Å². The van der Waals surface area contributed by atoms with E-state index in [-0.39, 0.29) is 6.61 Å². The van der Waals surface area contributed by atoms with Crippen LogP contribution in [0.3, 0.4) is 0 Å². The molecule has 0 saturated heterocycles. The Labute approximate surface area is 75.8 Å². The van der Waals surface area contributed by atoms with Crippen LogP contribution < -0.4 is 0 Å². The van der Waals surface area contributed by atoms with Crippen molar-refractivity contribution in [1.82, 2.24) is 14.8 Å². The quantitative estimate of drug-likeness (QED) is 0.700. The van der Waals surface area contributed by atoms with Crippen molar-refractivity contribution in [3.63, 3.8) is 0 Å². The van der Waals surface area contributed by atoms with Crippen molar-refractivity contribution in [2.75, 3.05) is 0 Å². The zero-order valence-corrected chi connectivity index (χ0v) is 7.65. The summed E-state index contributed by atoms with van der Waals surface area (Å²) in [5.41, 5.74) is 2.61. The first-order valence-corrected chi connectivity index (χ1v) is 4.11. The Morgan fingerprint density at radius 1 is 1.54 bits per heavy atom. The lowest BCUT2D eigenvalue weighted by Gasteiger charge is -2.00. The molecule has 0 aromatic carbocycles. The number of aliphatic hydroxyl groups is 1. The first-order chi connectivity index (χ1) is 6.22. The molecule has 0 aliphatic heterocycles. The number of hydrogen-bond acceptors (Lipinski definition) is 3. The lowest BCUT2D eigenvalue weighted by atomic mass is 10.2. The van der Waals surface area contributed by atoms with E-state index in [0.29, 0.717) is 0 Å². The monoisotopic (exact) mass is 177 g/mol. The average Bonchev–Trinajstić information content (AvgIpc) is 2.47. The predicted molar refractivity (Wildman–Crippen MR) is 49.2 cm³/mol. The molecule has 2 aromatic heterocycles. The third kappa shape index (κ3) is 1.19. The summed E-state index contributed by atoms with van der Waals surface area (Å²) in [5.74, 6) is 0. The minimum absolute atomic E-state index is 0.0333. The first kappa shape index (κ1) is 8.19. The molecular weight excluding hydrogens is 166 g/mol. The fourth-order valence-corrected chi connectivity index (χ4v) is 1.45. The Morgan fingerprint density at radius 3 is 3.00 bits per heavy atom. The molecule has 0 unspecified atom stereocenters. The van der Waals surface area contributed by atoms with Crippen molar-refractivity contribution in [3.05, 3.63) is 23.5 Å². The molecule has 0 saturated carbocycles. The molecule has 0 bridgehead atoms. The minimum atomic E-state index is 0.0333. The van der Waals surface area contributed by atoms with Gasteiger partial charge in [0.05, 0.1) is 12.8 Å². The van der Waals surface area contributed by atoms with Crippen molar-refractivity contribution in [2.45, 2.75) is 13.5 Å². The van der Waals surface area contributed by atoms with Gasteiger partial charge in [-0.15, -0.1) is 0 Å². The van der Waals surface area contributed by atoms with E-state index in [2.05, 4.69) is 10.1 Å². The molecule has 0 aliphatic rings. The van der Waals surface area contributed by atoms with E-state index in [1.807, 2.05) is 20.0 Å². The van der Waals surface area contributed by atoms with Crippen LogP contribution >= 0.6 is 0 Å². The Kier molecular flexibility index (Phi) is 1.77. The van der Waals surface area contributed by atoms with Gasteiger partial charge in [-0.25, -0.2) is 4.98 Å². The SMILES string of the molecule is Cc1cc(CO)c2cnn(C)c2n1. The number of aromatic nitrogens is 3. The summed E-state index contributed by atoms with van der Waals surface area (Å²) in [5, 5.41) is 14.1. The molecule has 0 fully saturated rings. The summed E-state index contributed by atoms with van der Waals surface area (Å²) in [7, 11) is 1.84. The van der Waals surface area contributed by atoms with Crippen molar-refractivity contribution in [2.24, 2.45) is 7.05 Å². The van der Waals surface area contributed by atoms with Gasteiger partial charge in [0.15, 0.2) is 5.65 Å². The molecule has 2 rings (SSSR count). The van der Waals surface area contributed by atoms with Gasteiger partial charge in [0.2, 0.25) is 0 Å². The highest BCUT2D eigenvalue weighted by Crippen LogP contribution is 2.16. The Hall–Kier alpha value is -1.42. The van der Waals surface area contributed by atoms with Crippen LogP contribution in [0, 0.1) is 6.92 Å². The number of nitrogens with zero attached hydrogens (tertiary/aromatic N) is 3. The van der Waals surface area contributed by atoms with E-state index in [1.54, 1.807) is 10.9 Å². The third-order valence-electron chi connectivity index (χ3n) is 2.09. The first-order valence-electron chi connectivity index (χ1n) is 4.11. The van der Waals surface area contributed by atoms with Crippen LogP contribution in [0.5, 0.6) is 0 Å². The number of hydrogen-bond donors (Lipinski definition) is 1. The van der Waals surface area contributed by atoms with Gasteiger partial charge in [-0.1, -0.05) is 0 Å². The van der Waals surface area contributed by atoms with Crippen LogP contribution in [0.4, 0.5) is 0 Å². The van der Waals surface area contributed by atoms with Crippen molar-refractivity contribution in [3.8, 4) is 0 Å². The van der Waals surface area contributed by atoms with Gasteiger partial charge in [-0.3, -0.25) is 4.68 Å². The number of pyridine rings is 1. The Balaban J connectivity index is 2.84. The lowest BCUT2D eigenvalue weighted by Crippen LogP contribution is -1.95. The molecule has 4 heteroatoms. The highest BCUT2D eigenvalue weighted by atomic mass is 16.3. The van der Waals surface area contributed by atoms with Gasteiger partial charge >= 0.3 is 0 Å². The molecule has 0 spiro atoms. The molecule has 13 heavy (non-hydrogen) atoms. The largest absolute Gasteiger partial charge is 0.392 e. The summed E-state index contributed by atoms with van der Waals surface area (Å²) in [6, 6.07) is 1.88. The normalized spacial score (nSPS) is 11.0. The second kappa shape index (κ2) is 2.81. The van der Waals surface area contributed by atoms with Crippen LogP contribution in [0.2, 0.25) is 0 Å². The van der Waals surface area contributed by atoms with Crippen LogP contribution in [-0.4, -0.2) is 19.9 Å². The van der Waals surface area contributed by atoms with E-state index in [4.69, 9.17) is 5.11 Å². The maximum atomic E-state index is 9.10. The van der Waals surface area contributed by atoms with E-state index in [1.165, 1.54) is 0 Å². The average molecular weight is 177 g/mol. The van der Waals surface area contributed by atoms with Gasteiger partial charge in [0.1, 0.15) is 0 Å². The van der Waals surface area contributed by atoms with Crippen molar-refractivity contribution in [1.29, 1.82) is 0 Å². The van der Waals surface area contributed by atoms with Crippen LogP contribution in [-0.2, 0) is 13.7 Å². The second-order valence-corrected chi connectivity index (χ2v) is 3.09. The van der Waals surface area contributed by atoms with E-state index in [9.17, 15) is 0 Å². The van der Waals surface area contributed by atoms with E-state index >= 15 is 0 Å². The minimum Gasteiger partial charge on any atom is -0.392 e. The predicted octanol–water partition coefficient (Wildman–Crippen LogP) is 0.769. The van der Waals surface area contributed by atoms with Crippen molar-refractivity contribution < 1.29 is 5.11 Å². The summed E-state index contributed by atoms with van der Waals surface area (Å²) < 4.78 is 1.71.